The molecule has 3 rings (SSSR count). The monoisotopic (exact) mass is 437 g/mol. The number of carbonyl (C=O) groups is 2. The Kier molecular flexibility index (Phi) is 7.67. The van der Waals surface area contributed by atoms with Crippen molar-refractivity contribution in [3.8, 4) is 0 Å². The van der Waals surface area contributed by atoms with Gasteiger partial charge in [-0.15, -0.1) is 0 Å². The van der Waals surface area contributed by atoms with Crippen molar-refractivity contribution in [2.24, 2.45) is 10.9 Å². The van der Waals surface area contributed by atoms with Crippen LogP contribution in [0.5, 0.6) is 0 Å². The minimum absolute atomic E-state index is 0.0369. The van der Waals surface area contributed by atoms with Crippen LogP contribution in [-0.4, -0.2) is 91.9 Å². The van der Waals surface area contributed by atoms with E-state index in [0.29, 0.717) is 11.9 Å². The number of aliphatic imine (C=N–C) groups is 1. The maximum absolute atomic E-state index is 12.7. The lowest BCUT2D eigenvalue weighted by Gasteiger charge is -2.40. The van der Waals surface area contributed by atoms with Crippen molar-refractivity contribution in [3.63, 3.8) is 0 Å². The molecule has 3 saturated heterocycles. The lowest BCUT2D eigenvalue weighted by Crippen LogP contribution is -2.55. The Bertz CT molecular complexity index is 655. The van der Waals surface area contributed by atoms with Gasteiger partial charge >= 0.3 is 6.09 Å². The van der Waals surface area contributed by atoms with Crippen LogP contribution in [0.1, 0.15) is 52.9 Å². The molecular weight excluding hydrogens is 398 g/mol. The van der Waals surface area contributed by atoms with E-state index in [0.717, 1.165) is 51.9 Å². The molecule has 3 atom stereocenters. The number of likely N-dealkylation sites (N-methyl/N-ethyl adjacent to an activating group) is 1. The van der Waals surface area contributed by atoms with E-state index >= 15 is 0 Å². The number of amides is 2. The average Bonchev–Trinajstić information content (AvgIpc) is 3.28. The molecule has 9 heteroatoms. The van der Waals surface area contributed by atoms with Gasteiger partial charge in [0.15, 0.2) is 5.96 Å². The van der Waals surface area contributed by atoms with Crippen molar-refractivity contribution in [2.75, 3.05) is 40.4 Å². The van der Waals surface area contributed by atoms with E-state index < -0.39 is 5.60 Å². The number of ether oxygens (including phenoxy) is 2. The third-order valence-corrected chi connectivity index (χ3v) is 6.13. The number of hydrogen-bond acceptors (Lipinski definition) is 5. The Hall–Kier alpha value is -2.03. The van der Waals surface area contributed by atoms with Gasteiger partial charge in [0.2, 0.25) is 5.91 Å². The van der Waals surface area contributed by atoms with E-state index in [1.165, 1.54) is 0 Å². The molecule has 0 saturated carbocycles. The molecule has 0 aromatic heterocycles. The molecule has 3 aliphatic heterocycles. The molecule has 3 unspecified atom stereocenters. The highest BCUT2D eigenvalue weighted by Gasteiger charge is 2.45. The first kappa shape index (κ1) is 23.6. The predicted octanol–water partition coefficient (Wildman–Crippen LogP) is 1.58. The van der Waals surface area contributed by atoms with Gasteiger partial charge in [0.1, 0.15) is 12.1 Å². The van der Waals surface area contributed by atoms with Gasteiger partial charge in [0, 0.05) is 51.3 Å². The standard InChI is InChI=1S/C22H39N5O4/c1-22(2,3)31-21(29)27-17-6-7-18(27)11-16(10-17)25-20(24-13-19(28)26(4)5)23-12-15-8-9-30-14-15/h15-18H,6-14H2,1-5H3,(H2,23,24,25). The predicted molar refractivity (Wildman–Crippen MR) is 119 cm³/mol. The molecule has 2 bridgehead atoms. The number of nitrogens with zero attached hydrogens (tertiary/aromatic N) is 3. The van der Waals surface area contributed by atoms with Crippen molar-refractivity contribution in [3.05, 3.63) is 0 Å². The summed E-state index contributed by atoms with van der Waals surface area (Å²) in [6.45, 7) is 8.14. The van der Waals surface area contributed by atoms with Crippen LogP contribution in [0.3, 0.4) is 0 Å². The van der Waals surface area contributed by atoms with E-state index in [2.05, 4.69) is 15.6 Å². The number of nitrogens with one attached hydrogen (secondary N) is 2. The van der Waals surface area contributed by atoms with Gasteiger partial charge in [-0.05, 0) is 52.9 Å². The van der Waals surface area contributed by atoms with Crippen molar-refractivity contribution in [2.45, 2.75) is 76.6 Å². The van der Waals surface area contributed by atoms with Crippen LogP contribution in [-0.2, 0) is 14.3 Å². The fraction of sp³-hybridized carbons (Fsp3) is 0.864. The lowest BCUT2D eigenvalue weighted by atomic mass is 9.98. The van der Waals surface area contributed by atoms with E-state index in [1.807, 2.05) is 25.7 Å². The summed E-state index contributed by atoms with van der Waals surface area (Å²) in [6.07, 6.45) is 4.54. The van der Waals surface area contributed by atoms with Gasteiger partial charge < -0.3 is 29.9 Å². The third kappa shape index (κ3) is 6.72. The summed E-state index contributed by atoms with van der Waals surface area (Å²) in [4.78, 5) is 32.7. The smallest absolute Gasteiger partial charge is 0.410 e. The molecule has 176 valence electrons. The van der Waals surface area contributed by atoms with Crippen molar-refractivity contribution in [1.29, 1.82) is 0 Å². The summed E-state index contributed by atoms with van der Waals surface area (Å²) in [6, 6.07) is 0.565. The first-order chi connectivity index (χ1) is 14.6. The molecule has 31 heavy (non-hydrogen) atoms. The molecular formula is C22H39N5O4. The molecule has 0 aromatic rings. The Morgan fingerprint density at radius 2 is 1.84 bits per heavy atom. The summed E-state index contributed by atoms with van der Waals surface area (Å²) in [5.41, 5.74) is -0.488. The summed E-state index contributed by atoms with van der Waals surface area (Å²) >= 11 is 0. The molecule has 3 aliphatic rings. The Morgan fingerprint density at radius 3 is 2.39 bits per heavy atom. The van der Waals surface area contributed by atoms with E-state index in [4.69, 9.17) is 9.47 Å². The maximum atomic E-state index is 12.7. The molecule has 9 nitrogen and oxygen atoms in total. The zero-order valence-corrected chi connectivity index (χ0v) is 19.6. The number of fused-ring (bicyclic) bond motifs is 2. The molecule has 0 aromatic carbocycles. The first-order valence-corrected chi connectivity index (χ1v) is 11.5. The normalized spacial score (nSPS) is 28.4. The molecule has 3 fully saturated rings. The number of carbonyl (C=O) groups excluding carboxylic acids is 2. The van der Waals surface area contributed by atoms with Gasteiger partial charge in [-0.2, -0.15) is 0 Å². The number of rotatable bonds is 5. The van der Waals surface area contributed by atoms with Gasteiger partial charge in [-0.1, -0.05) is 0 Å². The summed E-state index contributed by atoms with van der Waals surface area (Å²) in [7, 11) is 3.47. The third-order valence-electron chi connectivity index (χ3n) is 6.13. The van der Waals surface area contributed by atoms with Gasteiger partial charge in [-0.3, -0.25) is 4.79 Å². The van der Waals surface area contributed by atoms with Crippen molar-refractivity contribution in [1.82, 2.24) is 20.4 Å². The highest BCUT2D eigenvalue weighted by molar-refractivity contribution is 5.85. The largest absolute Gasteiger partial charge is 0.444 e. The molecule has 0 spiro atoms. The Morgan fingerprint density at radius 1 is 1.16 bits per heavy atom. The SMILES string of the molecule is CN(C)C(=O)CN=C(NCC1CCOC1)NC1CC2CCC(C1)N2C(=O)OC(C)(C)C. The minimum atomic E-state index is -0.488. The van der Waals surface area contributed by atoms with Crippen LogP contribution >= 0.6 is 0 Å². The second-order valence-electron chi connectivity index (χ2n) is 10.1. The van der Waals surface area contributed by atoms with Crippen molar-refractivity contribution < 1.29 is 19.1 Å². The molecule has 0 aliphatic carbocycles. The number of piperidine rings is 1. The van der Waals surface area contributed by atoms with E-state index in [9.17, 15) is 9.59 Å². The van der Waals surface area contributed by atoms with Crippen LogP contribution in [0.15, 0.2) is 4.99 Å². The fourth-order valence-electron chi connectivity index (χ4n) is 4.53. The van der Waals surface area contributed by atoms with Gasteiger partial charge in [0.25, 0.3) is 0 Å². The molecule has 3 heterocycles. The summed E-state index contributed by atoms with van der Waals surface area (Å²) in [5.74, 6) is 1.09. The van der Waals surface area contributed by atoms with Crippen LogP contribution in [0.4, 0.5) is 4.79 Å². The first-order valence-electron chi connectivity index (χ1n) is 11.5. The molecule has 2 amide bonds. The quantitative estimate of drug-likeness (QED) is 0.501. The van der Waals surface area contributed by atoms with Gasteiger partial charge in [-0.25, -0.2) is 9.79 Å². The Balaban J connectivity index is 1.60. The lowest BCUT2D eigenvalue weighted by molar-refractivity contribution is -0.127. The number of hydrogen-bond donors (Lipinski definition) is 2. The molecule has 2 N–H and O–H groups in total. The number of guanidine groups is 1. The fourth-order valence-corrected chi connectivity index (χ4v) is 4.53. The van der Waals surface area contributed by atoms with E-state index in [-0.39, 0.29) is 36.7 Å². The summed E-state index contributed by atoms with van der Waals surface area (Å²) in [5, 5.41) is 6.93. The second kappa shape index (κ2) is 10.1. The maximum Gasteiger partial charge on any atom is 0.410 e. The van der Waals surface area contributed by atoms with Crippen LogP contribution in [0.25, 0.3) is 0 Å². The summed E-state index contributed by atoms with van der Waals surface area (Å²) < 4.78 is 11.1. The average molecular weight is 438 g/mol. The van der Waals surface area contributed by atoms with Gasteiger partial charge in [0.05, 0.1) is 6.61 Å². The van der Waals surface area contributed by atoms with Crippen LogP contribution < -0.4 is 10.6 Å². The van der Waals surface area contributed by atoms with Crippen LogP contribution in [0.2, 0.25) is 0 Å². The van der Waals surface area contributed by atoms with E-state index in [1.54, 1.807) is 19.0 Å². The Labute approximate surface area is 185 Å². The van der Waals surface area contributed by atoms with Crippen molar-refractivity contribution >= 4 is 18.0 Å². The van der Waals surface area contributed by atoms with Crippen LogP contribution in [0, 0.1) is 5.92 Å². The highest BCUT2D eigenvalue weighted by atomic mass is 16.6. The minimum Gasteiger partial charge on any atom is -0.444 e. The molecule has 0 radical (unpaired) electrons. The zero-order chi connectivity index (χ0) is 22.6. The zero-order valence-electron chi connectivity index (χ0n) is 19.6. The highest BCUT2D eigenvalue weighted by Crippen LogP contribution is 2.36. The second-order valence-corrected chi connectivity index (χ2v) is 10.1. The topological polar surface area (TPSA) is 95.5 Å².